The normalized spacial score (nSPS) is 20.9. The summed E-state index contributed by atoms with van der Waals surface area (Å²) in [6.07, 6.45) is 2.27. The number of aryl methyl sites for hydroxylation is 2. The van der Waals surface area contributed by atoms with Crippen LogP contribution in [0.15, 0.2) is 18.2 Å². The predicted molar refractivity (Wildman–Crippen MR) is 104 cm³/mol. The zero-order chi connectivity index (χ0) is 19.0. The van der Waals surface area contributed by atoms with E-state index in [4.69, 9.17) is 4.74 Å². The number of carbonyl (C=O) groups is 2. The summed E-state index contributed by atoms with van der Waals surface area (Å²) in [5, 5.41) is 1.10. The third-order valence-corrected chi connectivity index (χ3v) is 5.73. The molecule has 3 heterocycles. The molecule has 27 heavy (non-hydrogen) atoms. The average Bonchev–Trinajstić information content (AvgIpc) is 3.23. The van der Waals surface area contributed by atoms with Gasteiger partial charge >= 0.3 is 0 Å². The molecule has 2 amide bonds. The molecule has 0 radical (unpaired) electrons. The zero-order valence-corrected chi connectivity index (χ0v) is 16.1. The summed E-state index contributed by atoms with van der Waals surface area (Å²) in [4.78, 5) is 32.8. The molecule has 2 aromatic rings. The highest BCUT2D eigenvalue weighted by atomic mass is 16.5. The van der Waals surface area contributed by atoms with Gasteiger partial charge < -0.3 is 19.5 Å². The van der Waals surface area contributed by atoms with Gasteiger partial charge in [-0.3, -0.25) is 9.59 Å². The summed E-state index contributed by atoms with van der Waals surface area (Å²) in [5.41, 5.74) is 3.83. The highest BCUT2D eigenvalue weighted by Gasteiger charge is 2.30. The topological polar surface area (TPSA) is 65.6 Å². The Morgan fingerprint density at radius 3 is 2.63 bits per heavy atom. The van der Waals surface area contributed by atoms with Crippen LogP contribution in [0.3, 0.4) is 0 Å². The molecule has 1 N–H and O–H groups in total. The first-order valence-corrected chi connectivity index (χ1v) is 9.83. The summed E-state index contributed by atoms with van der Waals surface area (Å²) >= 11 is 0. The van der Waals surface area contributed by atoms with E-state index >= 15 is 0 Å². The number of carbonyl (C=O) groups excluding carboxylic acids is 2. The van der Waals surface area contributed by atoms with Crippen molar-refractivity contribution in [2.75, 3.05) is 32.8 Å². The molecule has 144 valence electrons. The van der Waals surface area contributed by atoms with E-state index in [1.54, 1.807) is 0 Å². The first-order valence-electron chi connectivity index (χ1n) is 9.83. The van der Waals surface area contributed by atoms with E-state index in [1.807, 2.05) is 28.9 Å². The molecule has 1 aromatic heterocycles. The first kappa shape index (κ1) is 18.0. The van der Waals surface area contributed by atoms with Crippen molar-refractivity contribution >= 4 is 22.7 Å². The third kappa shape index (κ3) is 3.46. The number of nitrogens with one attached hydrogen (secondary N) is 1. The van der Waals surface area contributed by atoms with E-state index in [2.05, 4.69) is 18.0 Å². The molecule has 0 unspecified atom stereocenters. The lowest BCUT2D eigenvalue weighted by Gasteiger charge is -2.24. The Labute approximate surface area is 159 Å². The van der Waals surface area contributed by atoms with Crippen LogP contribution in [0.4, 0.5) is 0 Å². The Hall–Kier alpha value is -2.34. The SMILES string of the molecule is Cc1ccc2[nH]c(C(=O)N3CCCN(C(=O)[C@@H]4CCCO4)CC3)c(C)c2c1. The number of nitrogens with zero attached hydrogens (tertiary/aromatic N) is 2. The fourth-order valence-electron chi connectivity index (χ4n) is 4.13. The van der Waals surface area contributed by atoms with Gasteiger partial charge in [0.15, 0.2) is 0 Å². The Bertz CT molecular complexity index is 867. The standard InChI is InChI=1S/C21H27N3O3/c1-14-6-7-17-16(13-14)15(2)19(22-17)21(26)24-9-4-8-23(10-11-24)20(25)18-5-3-12-27-18/h6-7,13,18,22H,3-5,8-12H2,1-2H3/t18-/m0/s1. The number of fused-ring (bicyclic) bond motifs is 1. The lowest BCUT2D eigenvalue weighted by molar-refractivity contribution is -0.140. The van der Waals surface area contributed by atoms with Crippen LogP contribution in [0.1, 0.15) is 40.9 Å². The molecule has 2 fully saturated rings. The van der Waals surface area contributed by atoms with Crippen LogP contribution >= 0.6 is 0 Å². The minimum Gasteiger partial charge on any atom is -0.368 e. The summed E-state index contributed by atoms with van der Waals surface area (Å²) < 4.78 is 5.53. The van der Waals surface area contributed by atoms with Crippen LogP contribution in [-0.2, 0) is 9.53 Å². The smallest absolute Gasteiger partial charge is 0.270 e. The number of H-pyrrole nitrogens is 1. The number of aromatic amines is 1. The number of hydrogen-bond acceptors (Lipinski definition) is 3. The third-order valence-electron chi connectivity index (χ3n) is 5.73. The number of amides is 2. The lowest BCUT2D eigenvalue weighted by Crippen LogP contribution is -2.42. The van der Waals surface area contributed by atoms with Crippen molar-refractivity contribution in [3.8, 4) is 0 Å². The summed E-state index contributed by atoms with van der Waals surface area (Å²) in [5.74, 6) is 0.104. The number of rotatable bonds is 2. The van der Waals surface area contributed by atoms with Crippen molar-refractivity contribution in [1.82, 2.24) is 14.8 Å². The highest BCUT2D eigenvalue weighted by Crippen LogP contribution is 2.24. The van der Waals surface area contributed by atoms with Crippen molar-refractivity contribution in [2.45, 2.75) is 39.2 Å². The molecule has 2 saturated heterocycles. The lowest BCUT2D eigenvalue weighted by atomic mass is 10.1. The van der Waals surface area contributed by atoms with Crippen LogP contribution < -0.4 is 0 Å². The Kier molecular flexibility index (Phi) is 4.91. The van der Waals surface area contributed by atoms with E-state index in [9.17, 15) is 9.59 Å². The Balaban J connectivity index is 1.48. The second-order valence-corrected chi connectivity index (χ2v) is 7.65. The van der Waals surface area contributed by atoms with Crippen LogP contribution in [0.2, 0.25) is 0 Å². The number of ether oxygens (including phenoxy) is 1. The highest BCUT2D eigenvalue weighted by molar-refractivity contribution is 6.01. The Morgan fingerprint density at radius 1 is 1.07 bits per heavy atom. The molecular weight excluding hydrogens is 342 g/mol. The molecule has 0 bridgehead atoms. The quantitative estimate of drug-likeness (QED) is 0.885. The summed E-state index contributed by atoms with van der Waals surface area (Å²) in [6.45, 7) is 7.22. The van der Waals surface area contributed by atoms with Crippen LogP contribution in [0.5, 0.6) is 0 Å². The van der Waals surface area contributed by atoms with Crippen molar-refractivity contribution in [1.29, 1.82) is 0 Å². The molecule has 6 heteroatoms. The van der Waals surface area contributed by atoms with Crippen LogP contribution in [0, 0.1) is 13.8 Å². The van der Waals surface area contributed by atoms with Crippen molar-refractivity contribution in [3.05, 3.63) is 35.0 Å². The molecule has 0 aliphatic carbocycles. The summed E-state index contributed by atoms with van der Waals surface area (Å²) in [6, 6.07) is 6.19. The van der Waals surface area contributed by atoms with Gasteiger partial charge in [-0.05, 0) is 50.8 Å². The number of aromatic nitrogens is 1. The van der Waals surface area contributed by atoms with Gasteiger partial charge in [-0.1, -0.05) is 11.6 Å². The van der Waals surface area contributed by atoms with E-state index in [0.29, 0.717) is 38.5 Å². The van der Waals surface area contributed by atoms with E-state index in [0.717, 1.165) is 35.7 Å². The maximum Gasteiger partial charge on any atom is 0.270 e. The summed E-state index contributed by atoms with van der Waals surface area (Å²) in [7, 11) is 0. The van der Waals surface area contributed by atoms with E-state index < -0.39 is 0 Å². The van der Waals surface area contributed by atoms with Gasteiger partial charge in [0.05, 0.1) is 0 Å². The fourth-order valence-corrected chi connectivity index (χ4v) is 4.13. The van der Waals surface area contributed by atoms with Crippen molar-refractivity contribution in [3.63, 3.8) is 0 Å². The molecule has 4 rings (SSSR count). The van der Waals surface area contributed by atoms with Crippen molar-refractivity contribution < 1.29 is 14.3 Å². The number of hydrogen-bond donors (Lipinski definition) is 1. The number of benzene rings is 1. The average molecular weight is 369 g/mol. The fraction of sp³-hybridized carbons (Fsp3) is 0.524. The maximum absolute atomic E-state index is 13.1. The Morgan fingerprint density at radius 2 is 1.85 bits per heavy atom. The van der Waals surface area contributed by atoms with Gasteiger partial charge in [-0.15, -0.1) is 0 Å². The predicted octanol–water partition coefficient (Wildman–Crippen LogP) is 2.64. The molecule has 6 nitrogen and oxygen atoms in total. The molecule has 2 aliphatic heterocycles. The van der Waals surface area contributed by atoms with E-state index in [1.165, 1.54) is 5.56 Å². The molecule has 0 spiro atoms. The first-order chi connectivity index (χ1) is 13.0. The van der Waals surface area contributed by atoms with Gasteiger partial charge in [0.2, 0.25) is 0 Å². The van der Waals surface area contributed by atoms with Gasteiger partial charge in [0.1, 0.15) is 11.8 Å². The van der Waals surface area contributed by atoms with Crippen LogP contribution in [0.25, 0.3) is 10.9 Å². The maximum atomic E-state index is 13.1. The largest absolute Gasteiger partial charge is 0.368 e. The zero-order valence-electron chi connectivity index (χ0n) is 16.1. The minimum absolute atomic E-state index is 0.0211. The molecular formula is C21H27N3O3. The van der Waals surface area contributed by atoms with Gasteiger partial charge in [0.25, 0.3) is 11.8 Å². The van der Waals surface area contributed by atoms with E-state index in [-0.39, 0.29) is 17.9 Å². The molecule has 1 aromatic carbocycles. The monoisotopic (exact) mass is 369 g/mol. The minimum atomic E-state index is -0.286. The second-order valence-electron chi connectivity index (χ2n) is 7.65. The molecule has 2 aliphatic rings. The van der Waals surface area contributed by atoms with Crippen LogP contribution in [-0.4, -0.2) is 65.5 Å². The van der Waals surface area contributed by atoms with Gasteiger partial charge in [-0.2, -0.15) is 0 Å². The van der Waals surface area contributed by atoms with Gasteiger partial charge in [0, 0.05) is 43.7 Å². The van der Waals surface area contributed by atoms with Crippen molar-refractivity contribution in [2.24, 2.45) is 0 Å². The molecule has 0 saturated carbocycles. The molecule has 1 atom stereocenters. The van der Waals surface area contributed by atoms with Gasteiger partial charge in [-0.25, -0.2) is 0 Å². The second kappa shape index (κ2) is 7.35.